The summed E-state index contributed by atoms with van der Waals surface area (Å²) in [6.45, 7) is 9.00. The van der Waals surface area contributed by atoms with E-state index in [1.165, 1.54) is 0 Å². The molecule has 1 rings (SSSR count). The molecule has 3 nitrogen and oxygen atoms in total. The summed E-state index contributed by atoms with van der Waals surface area (Å²) in [7, 11) is -1.55. The molecule has 1 heterocycles. The van der Waals surface area contributed by atoms with Crippen molar-refractivity contribution >= 4 is 14.3 Å². The predicted molar refractivity (Wildman–Crippen MR) is 50.1 cm³/mol. The summed E-state index contributed by atoms with van der Waals surface area (Å²) >= 11 is 0. The van der Waals surface area contributed by atoms with Gasteiger partial charge in [-0.1, -0.05) is 26.6 Å². The van der Waals surface area contributed by atoms with E-state index < -0.39 is 8.24 Å². The summed E-state index contributed by atoms with van der Waals surface area (Å²) < 4.78 is 6.86. The van der Waals surface area contributed by atoms with Gasteiger partial charge in [-0.05, 0) is 6.42 Å². The highest BCUT2D eigenvalue weighted by molar-refractivity contribution is 6.75. The summed E-state index contributed by atoms with van der Waals surface area (Å²) in [5.41, 5.74) is 0. The summed E-state index contributed by atoms with van der Waals surface area (Å²) in [5, 5.41) is 0. The van der Waals surface area contributed by atoms with Crippen molar-refractivity contribution in [3.05, 3.63) is 6.04 Å². The van der Waals surface area contributed by atoms with Crippen LogP contribution in [0.2, 0.25) is 19.6 Å². The molecule has 1 aliphatic heterocycles. The average molecular weight is 186 g/mol. The molecule has 0 aromatic heterocycles. The van der Waals surface area contributed by atoms with E-state index in [1.54, 1.807) is 0 Å². The van der Waals surface area contributed by atoms with Gasteiger partial charge in [0, 0.05) is 0 Å². The fraction of sp³-hybridized carbons (Fsp3) is 0.750. The Morgan fingerprint density at radius 1 is 1.50 bits per heavy atom. The first-order valence-electron chi connectivity index (χ1n) is 4.28. The van der Waals surface area contributed by atoms with Gasteiger partial charge >= 0.3 is 6.09 Å². The van der Waals surface area contributed by atoms with Crippen LogP contribution >= 0.6 is 0 Å². The molecule has 12 heavy (non-hydrogen) atoms. The Hall–Kier alpha value is -0.513. The normalized spacial score (nSPS) is 20.0. The lowest BCUT2D eigenvalue weighted by Crippen LogP contribution is -2.47. The van der Waals surface area contributed by atoms with Crippen molar-refractivity contribution in [1.29, 1.82) is 0 Å². The zero-order valence-corrected chi connectivity index (χ0v) is 9.18. The Morgan fingerprint density at radius 3 is 2.42 bits per heavy atom. The molecular formula is C8H16NO2Si. The minimum Gasteiger partial charge on any atom is -0.447 e. The zero-order valence-electron chi connectivity index (χ0n) is 8.18. The number of carbonyl (C=O) groups excluding carboxylic acids is 1. The molecule has 69 valence electrons. The van der Waals surface area contributed by atoms with E-state index in [-0.39, 0.29) is 6.09 Å². The van der Waals surface area contributed by atoms with E-state index in [0.717, 1.165) is 12.5 Å². The maximum atomic E-state index is 11.3. The number of rotatable bonds is 2. The highest BCUT2D eigenvalue weighted by atomic mass is 28.3. The lowest BCUT2D eigenvalue weighted by atomic mass is 10.3. The van der Waals surface area contributed by atoms with E-state index >= 15 is 0 Å². The molecule has 0 aromatic rings. The molecular weight excluding hydrogens is 170 g/mol. The fourth-order valence-corrected chi connectivity index (χ4v) is 3.20. The SMILES string of the molecule is CC[C]1COC(=O)N1[Si](C)(C)C. The third-order valence-electron chi connectivity index (χ3n) is 1.94. The van der Waals surface area contributed by atoms with Gasteiger partial charge in [-0.2, -0.15) is 0 Å². The molecule has 0 saturated carbocycles. The molecule has 0 spiro atoms. The van der Waals surface area contributed by atoms with Crippen LogP contribution in [0.5, 0.6) is 0 Å². The monoisotopic (exact) mass is 186 g/mol. The van der Waals surface area contributed by atoms with Crippen molar-refractivity contribution < 1.29 is 9.53 Å². The first-order chi connectivity index (χ1) is 5.46. The van der Waals surface area contributed by atoms with Crippen LogP contribution in [-0.4, -0.2) is 25.5 Å². The van der Waals surface area contributed by atoms with Crippen LogP contribution < -0.4 is 0 Å². The molecule has 0 aliphatic carbocycles. The molecule has 4 heteroatoms. The third-order valence-corrected chi connectivity index (χ3v) is 3.78. The first-order valence-corrected chi connectivity index (χ1v) is 7.73. The minimum absolute atomic E-state index is 0.147. The maximum absolute atomic E-state index is 11.3. The van der Waals surface area contributed by atoms with E-state index in [1.807, 2.05) is 4.57 Å². The minimum atomic E-state index is -1.55. The van der Waals surface area contributed by atoms with Gasteiger partial charge in [0.25, 0.3) is 0 Å². The number of hydrogen-bond acceptors (Lipinski definition) is 2. The number of hydrogen-bond donors (Lipinski definition) is 0. The average Bonchev–Trinajstić information content (AvgIpc) is 2.29. The Bertz CT molecular complexity index is 188. The van der Waals surface area contributed by atoms with Crippen LogP contribution in [0.4, 0.5) is 4.79 Å². The van der Waals surface area contributed by atoms with Gasteiger partial charge < -0.3 is 9.30 Å². The van der Waals surface area contributed by atoms with Crippen molar-refractivity contribution in [1.82, 2.24) is 4.57 Å². The van der Waals surface area contributed by atoms with Crippen molar-refractivity contribution in [3.63, 3.8) is 0 Å². The Labute approximate surface area is 74.8 Å². The van der Waals surface area contributed by atoms with Gasteiger partial charge in [-0.25, -0.2) is 4.79 Å². The number of amides is 1. The molecule has 0 unspecified atom stereocenters. The molecule has 0 atom stereocenters. The highest BCUT2D eigenvalue weighted by Crippen LogP contribution is 2.28. The lowest BCUT2D eigenvalue weighted by Gasteiger charge is -2.31. The van der Waals surface area contributed by atoms with Crippen LogP contribution in [0.15, 0.2) is 0 Å². The molecule has 1 aliphatic rings. The zero-order chi connectivity index (χ0) is 9.35. The number of ether oxygens (including phenoxy) is 1. The topological polar surface area (TPSA) is 29.5 Å². The van der Waals surface area contributed by atoms with Crippen LogP contribution in [0.1, 0.15) is 13.3 Å². The smallest absolute Gasteiger partial charge is 0.402 e. The fourth-order valence-electron chi connectivity index (χ4n) is 1.41. The van der Waals surface area contributed by atoms with Gasteiger partial charge in [0.15, 0.2) is 8.24 Å². The third kappa shape index (κ3) is 1.63. The quantitative estimate of drug-likeness (QED) is 0.619. The number of carbonyl (C=O) groups is 1. The van der Waals surface area contributed by atoms with Crippen molar-refractivity contribution in [2.75, 3.05) is 6.61 Å². The standard InChI is InChI=1S/C8H16NO2Si/c1-5-7-6-11-8(10)9(7)12(2,3)4/h5-6H2,1-4H3. The van der Waals surface area contributed by atoms with Crippen LogP contribution in [0, 0.1) is 6.04 Å². The second-order valence-corrected chi connectivity index (χ2v) is 8.77. The summed E-state index contributed by atoms with van der Waals surface area (Å²) in [6.07, 6.45) is 0.766. The lowest BCUT2D eigenvalue weighted by molar-refractivity contribution is 0.169. The van der Waals surface area contributed by atoms with Gasteiger partial charge in [0.05, 0.1) is 6.04 Å². The Morgan fingerprint density at radius 2 is 2.08 bits per heavy atom. The van der Waals surface area contributed by atoms with Gasteiger partial charge in [-0.15, -0.1) is 0 Å². The van der Waals surface area contributed by atoms with Gasteiger partial charge in [-0.3, -0.25) is 0 Å². The van der Waals surface area contributed by atoms with E-state index in [2.05, 4.69) is 26.6 Å². The van der Waals surface area contributed by atoms with Crippen LogP contribution in [0.3, 0.4) is 0 Å². The Kier molecular flexibility index (Phi) is 2.46. The van der Waals surface area contributed by atoms with E-state index in [9.17, 15) is 4.79 Å². The molecule has 0 aromatic carbocycles. The summed E-state index contributed by atoms with van der Waals surface area (Å²) in [4.78, 5) is 11.3. The van der Waals surface area contributed by atoms with Gasteiger partial charge in [0.2, 0.25) is 0 Å². The first kappa shape index (κ1) is 9.57. The number of nitrogens with zero attached hydrogens (tertiary/aromatic N) is 1. The molecule has 1 fully saturated rings. The summed E-state index contributed by atoms with van der Waals surface area (Å²) in [5.74, 6) is 0. The van der Waals surface area contributed by atoms with Gasteiger partial charge in [0.1, 0.15) is 6.61 Å². The largest absolute Gasteiger partial charge is 0.447 e. The molecule has 1 saturated heterocycles. The van der Waals surface area contributed by atoms with E-state index in [4.69, 9.17) is 4.74 Å². The van der Waals surface area contributed by atoms with Crippen LogP contribution in [0.25, 0.3) is 0 Å². The summed E-state index contributed by atoms with van der Waals surface area (Å²) in [6, 6.07) is 1.14. The van der Waals surface area contributed by atoms with Crippen molar-refractivity contribution in [2.24, 2.45) is 0 Å². The Balaban J connectivity index is 2.77. The van der Waals surface area contributed by atoms with Crippen LogP contribution in [-0.2, 0) is 4.74 Å². The highest BCUT2D eigenvalue weighted by Gasteiger charge is 2.40. The predicted octanol–water partition coefficient (Wildman–Crippen LogP) is 2.22. The van der Waals surface area contributed by atoms with E-state index in [0.29, 0.717) is 6.61 Å². The molecule has 0 bridgehead atoms. The second kappa shape index (κ2) is 3.09. The molecule has 0 N–H and O–H groups in total. The number of cyclic esters (lactones) is 1. The molecule has 1 radical (unpaired) electrons. The van der Waals surface area contributed by atoms with Crippen molar-refractivity contribution in [3.8, 4) is 0 Å². The second-order valence-electron chi connectivity index (χ2n) is 3.98. The molecule has 1 amide bonds. The maximum Gasteiger partial charge on any atom is 0.402 e. The van der Waals surface area contributed by atoms with Crippen molar-refractivity contribution in [2.45, 2.75) is 33.0 Å².